The summed E-state index contributed by atoms with van der Waals surface area (Å²) >= 11 is 0. The Morgan fingerprint density at radius 1 is 1.41 bits per heavy atom. The second-order valence-electron chi connectivity index (χ2n) is 5.22. The number of nitrogens with one attached hydrogen (secondary N) is 2. The Labute approximate surface area is 149 Å². The number of nitrogens with zero attached hydrogens (tertiary/aromatic N) is 1. The lowest BCUT2D eigenvalue weighted by molar-refractivity contribution is 0.0657. The summed E-state index contributed by atoms with van der Waals surface area (Å²) < 4.78 is 10.5. The van der Waals surface area contributed by atoms with E-state index in [0.29, 0.717) is 19.1 Å². The average molecular weight is 425 g/mol. The number of hydrogen-bond acceptors (Lipinski definition) is 4. The van der Waals surface area contributed by atoms with Gasteiger partial charge >= 0.3 is 0 Å². The molecular formula is C15H28IN3O3. The summed E-state index contributed by atoms with van der Waals surface area (Å²) in [6.45, 7) is 9.71. The zero-order chi connectivity index (χ0) is 15.9. The van der Waals surface area contributed by atoms with E-state index in [1.54, 1.807) is 14.0 Å². The molecule has 1 aromatic rings. The van der Waals surface area contributed by atoms with Crippen LogP contribution in [0.1, 0.15) is 30.9 Å². The quantitative estimate of drug-likeness (QED) is 0.269. The Hall–Kier alpha value is -0.800. The van der Waals surface area contributed by atoms with Crippen molar-refractivity contribution < 1.29 is 14.3 Å². The molecule has 128 valence electrons. The number of aliphatic imine (C=N–C) groups is 1. The lowest BCUT2D eigenvalue weighted by Crippen LogP contribution is -2.40. The summed E-state index contributed by atoms with van der Waals surface area (Å²) in [6.07, 6.45) is 0. The molecule has 0 saturated carbocycles. The van der Waals surface area contributed by atoms with Gasteiger partial charge in [-0.05, 0) is 33.8 Å². The molecule has 1 atom stereocenters. The Morgan fingerprint density at radius 3 is 2.59 bits per heavy atom. The zero-order valence-electron chi connectivity index (χ0n) is 14.0. The predicted molar refractivity (Wildman–Crippen MR) is 99.0 cm³/mol. The smallest absolute Gasteiger partial charge is 0.191 e. The van der Waals surface area contributed by atoms with Gasteiger partial charge in [0.05, 0.1) is 13.2 Å². The van der Waals surface area contributed by atoms with Gasteiger partial charge in [0.1, 0.15) is 17.1 Å². The molecule has 0 aromatic carbocycles. The van der Waals surface area contributed by atoms with E-state index in [2.05, 4.69) is 15.6 Å². The molecular weight excluding hydrogens is 397 g/mol. The average Bonchev–Trinajstić information content (AvgIpc) is 2.76. The first kappa shape index (κ1) is 21.2. The normalized spacial score (nSPS) is 14.2. The molecule has 3 N–H and O–H groups in total. The van der Waals surface area contributed by atoms with Crippen LogP contribution in [0.2, 0.25) is 0 Å². The van der Waals surface area contributed by atoms with Gasteiger partial charge in [-0.25, -0.2) is 4.99 Å². The molecule has 1 aromatic heterocycles. The highest BCUT2D eigenvalue weighted by Crippen LogP contribution is 2.27. The van der Waals surface area contributed by atoms with Crippen LogP contribution in [0.3, 0.4) is 0 Å². The molecule has 0 bridgehead atoms. The maximum Gasteiger partial charge on any atom is 0.191 e. The Bertz CT molecular complexity index is 473. The molecule has 0 aliphatic carbocycles. The maximum atomic E-state index is 10.6. The minimum Gasteiger partial charge on any atom is -0.466 e. The number of ether oxygens (including phenoxy) is 1. The molecule has 0 aliphatic rings. The van der Waals surface area contributed by atoms with E-state index in [4.69, 9.17) is 9.15 Å². The Morgan fingerprint density at radius 2 is 2.09 bits per heavy atom. The Balaban J connectivity index is 0.00000441. The van der Waals surface area contributed by atoms with Crippen LogP contribution in [0.4, 0.5) is 0 Å². The van der Waals surface area contributed by atoms with E-state index in [1.807, 2.05) is 26.8 Å². The topological polar surface area (TPSA) is 79.0 Å². The fourth-order valence-electron chi connectivity index (χ4n) is 2.10. The molecule has 0 radical (unpaired) electrons. The highest BCUT2D eigenvalue weighted by atomic mass is 127. The van der Waals surface area contributed by atoms with Crippen molar-refractivity contribution in [3.63, 3.8) is 0 Å². The van der Waals surface area contributed by atoms with Gasteiger partial charge in [0.2, 0.25) is 0 Å². The first-order chi connectivity index (χ1) is 9.90. The molecule has 0 saturated heterocycles. The molecule has 22 heavy (non-hydrogen) atoms. The third kappa shape index (κ3) is 6.53. The van der Waals surface area contributed by atoms with Crippen LogP contribution in [0.15, 0.2) is 15.5 Å². The number of methoxy groups -OCH3 is 1. The predicted octanol–water partition coefficient (Wildman–Crippen LogP) is 1.92. The van der Waals surface area contributed by atoms with Crippen molar-refractivity contribution >= 4 is 29.9 Å². The van der Waals surface area contributed by atoms with Crippen molar-refractivity contribution in [2.24, 2.45) is 4.99 Å². The molecule has 1 rings (SSSR count). The van der Waals surface area contributed by atoms with Crippen molar-refractivity contribution in [3.8, 4) is 0 Å². The number of aliphatic hydroxyl groups is 1. The number of halogens is 1. The first-order valence-electron chi connectivity index (χ1n) is 7.21. The highest BCUT2D eigenvalue weighted by Gasteiger charge is 2.27. The molecule has 7 heteroatoms. The SMILES string of the molecule is CCNC(=NCC(C)(O)c1cc(C)oc1C)NCCOC.I. The number of aryl methyl sites for hydroxylation is 2. The fraction of sp³-hybridized carbons (Fsp3) is 0.667. The molecule has 0 spiro atoms. The van der Waals surface area contributed by atoms with Crippen molar-refractivity contribution in [2.45, 2.75) is 33.3 Å². The summed E-state index contributed by atoms with van der Waals surface area (Å²) in [4.78, 5) is 4.43. The van der Waals surface area contributed by atoms with Crippen LogP contribution < -0.4 is 10.6 Å². The summed E-state index contributed by atoms with van der Waals surface area (Å²) in [5.41, 5.74) is -0.290. The molecule has 1 unspecified atom stereocenters. The fourth-order valence-corrected chi connectivity index (χ4v) is 2.10. The minimum atomic E-state index is -1.06. The van der Waals surface area contributed by atoms with Crippen molar-refractivity contribution in [3.05, 3.63) is 23.2 Å². The van der Waals surface area contributed by atoms with Gasteiger partial charge in [0.25, 0.3) is 0 Å². The number of furan rings is 1. The monoisotopic (exact) mass is 425 g/mol. The van der Waals surface area contributed by atoms with Gasteiger partial charge in [0.15, 0.2) is 5.96 Å². The van der Waals surface area contributed by atoms with E-state index >= 15 is 0 Å². The summed E-state index contributed by atoms with van der Waals surface area (Å²) in [7, 11) is 1.65. The van der Waals surface area contributed by atoms with Crippen LogP contribution in [0.5, 0.6) is 0 Å². The summed E-state index contributed by atoms with van der Waals surface area (Å²) in [6, 6.07) is 1.86. The van der Waals surface area contributed by atoms with Crippen molar-refractivity contribution in [1.29, 1.82) is 0 Å². The largest absolute Gasteiger partial charge is 0.466 e. The first-order valence-corrected chi connectivity index (χ1v) is 7.21. The lowest BCUT2D eigenvalue weighted by Gasteiger charge is -2.21. The van der Waals surface area contributed by atoms with Gasteiger partial charge in [-0.1, -0.05) is 0 Å². The van der Waals surface area contributed by atoms with E-state index in [9.17, 15) is 5.11 Å². The van der Waals surface area contributed by atoms with Crippen LogP contribution >= 0.6 is 24.0 Å². The lowest BCUT2D eigenvalue weighted by atomic mass is 9.96. The van der Waals surface area contributed by atoms with Crippen LogP contribution in [0, 0.1) is 13.8 Å². The molecule has 6 nitrogen and oxygen atoms in total. The second-order valence-corrected chi connectivity index (χ2v) is 5.22. The summed E-state index contributed by atoms with van der Waals surface area (Å²) in [5.74, 6) is 2.18. The second kappa shape index (κ2) is 10.1. The third-order valence-electron chi connectivity index (χ3n) is 3.11. The van der Waals surface area contributed by atoms with Crippen LogP contribution in [-0.2, 0) is 10.3 Å². The highest BCUT2D eigenvalue weighted by molar-refractivity contribution is 14.0. The van der Waals surface area contributed by atoms with Crippen molar-refractivity contribution in [2.75, 3.05) is 33.4 Å². The van der Waals surface area contributed by atoms with Gasteiger partial charge in [0, 0.05) is 25.8 Å². The van der Waals surface area contributed by atoms with Crippen molar-refractivity contribution in [1.82, 2.24) is 10.6 Å². The zero-order valence-corrected chi connectivity index (χ0v) is 16.4. The third-order valence-corrected chi connectivity index (χ3v) is 3.11. The minimum absolute atomic E-state index is 0. The summed E-state index contributed by atoms with van der Waals surface area (Å²) in [5, 5.41) is 16.9. The van der Waals surface area contributed by atoms with E-state index < -0.39 is 5.60 Å². The van der Waals surface area contributed by atoms with E-state index in [0.717, 1.165) is 23.6 Å². The van der Waals surface area contributed by atoms with Gasteiger partial charge in [-0.15, -0.1) is 24.0 Å². The standard InChI is InChI=1S/C15H27N3O3.HI/c1-6-16-14(17-7-8-20-5)18-10-15(4,19)13-9-11(2)21-12(13)3;/h9,19H,6-8,10H2,1-5H3,(H2,16,17,18);1H. The number of guanidine groups is 1. The number of rotatable bonds is 7. The van der Waals surface area contributed by atoms with Gasteiger partial charge in [-0.3, -0.25) is 0 Å². The molecule has 0 fully saturated rings. The van der Waals surface area contributed by atoms with E-state index in [1.165, 1.54) is 0 Å². The van der Waals surface area contributed by atoms with Crippen LogP contribution in [-0.4, -0.2) is 44.4 Å². The molecule has 0 aliphatic heterocycles. The van der Waals surface area contributed by atoms with Gasteiger partial charge < -0.3 is 24.9 Å². The maximum absolute atomic E-state index is 10.6. The Kier molecular flexibility index (Phi) is 9.70. The van der Waals surface area contributed by atoms with Gasteiger partial charge in [-0.2, -0.15) is 0 Å². The number of hydrogen-bond donors (Lipinski definition) is 3. The molecule has 0 amide bonds. The van der Waals surface area contributed by atoms with Crippen LogP contribution in [0.25, 0.3) is 0 Å². The van der Waals surface area contributed by atoms with E-state index in [-0.39, 0.29) is 30.5 Å². The molecule has 1 heterocycles.